The third-order valence-corrected chi connectivity index (χ3v) is 4.52. The second kappa shape index (κ2) is 5.98. The van der Waals surface area contributed by atoms with Crippen molar-refractivity contribution in [2.75, 3.05) is 0 Å². The number of nitrogens with two attached hydrogens (primary N) is 1. The number of rotatable bonds is 6. The average molecular weight is 285 g/mol. The molecule has 4 nitrogen and oxygen atoms in total. The first kappa shape index (κ1) is 14.3. The minimum atomic E-state index is -0.0733. The monoisotopic (exact) mass is 285 g/mol. The van der Waals surface area contributed by atoms with Crippen LogP contribution in [0.4, 0.5) is 0 Å². The second-order valence-electron chi connectivity index (χ2n) is 6.13. The summed E-state index contributed by atoms with van der Waals surface area (Å²) in [5, 5.41) is 4.13. The Morgan fingerprint density at radius 2 is 2.00 bits per heavy atom. The summed E-state index contributed by atoms with van der Waals surface area (Å²) in [4.78, 5) is 4.61. The zero-order chi connectivity index (χ0) is 14.8. The fourth-order valence-electron chi connectivity index (χ4n) is 2.79. The van der Waals surface area contributed by atoms with Crippen LogP contribution in [-0.4, -0.2) is 10.1 Å². The largest absolute Gasteiger partial charge is 0.339 e. The summed E-state index contributed by atoms with van der Waals surface area (Å²) in [6, 6.07) is 10.3. The van der Waals surface area contributed by atoms with E-state index < -0.39 is 0 Å². The molecule has 4 heteroatoms. The molecule has 0 aliphatic heterocycles. The van der Waals surface area contributed by atoms with E-state index in [1.165, 1.54) is 18.4 Å². The van der Waals surface area contributed by atoms with Gasteiger partial charge < -0.3 is 10.3 Å². The molecule has 2 aromatic rings. The van der Waals surface area contributed by atoms with Crippen LogP contribution in [-0.2, 0) is 0 Å². The van der Waals surface area contributed by atoms with Crippen LogP contribution < -0.4 is 5.73 Å². The van der Waals surface area contributed by atoms with Crippen LogP contribution in [0.5, 0.6) is 0 Å². The van der Waals surface area contributed by atoms with E-state index in [2.05, 4.69) is 48.3 Å². The van der Waals surface area contributed by atoms with Crippen molar-refractivity contribution < 1.29 is 4.52 Å². The minimum absolute atomic E-state index is 0.0733. The summed E-state index contributed by atoms with van der Waals surface area (Å²) in [7, 11) is 0. The van der Waals surface area contributed by atoms with E-state index in [0.29, 0.717) is 23.6 Å². The van der Waals surface area contributed by atoms with Gasteiger partial charge in [0.05, 0.1) is 12.0 Å². The minimum Gasteiger partial charge on any atom is -0.339 e. The van der Waals surface area contributed by atoms with Crippen LogP contribution in [0.3, 0.4) is 0 Å². The van der Waals surface area contributed by atoms with Gasteiger partial charge in [0.1, 0.15) is 0 Å². The zero-order valence-corrected chi connectivity index (χ0v) is 12.7. The third-order valence-electron chi connectivity index (χ3n) is 4.52. The Morgan fingerprint density at radius 3 is 2.62 bits per heavy atom. The van der Waals surface area contributed by atoms with Crippen molar-refractivity contribution in [3.05, 3.63) is 47.6 Å². The van der Waals surface area contributed by atoms with Crippen molar-refractivity contribution in [1.82, 2.24) is 10.1 Å². The Labute approximate surface area is 125 Å². The van der Waals surface area contributed by atoms with Crippen molar-refractivity contribution in [3.8, 4) is 0 Å². The van der Waals surface area contributed by atoms with Gasteiger partial charge in [-0.05, 0) is 30.2 Å². The number of nitrogens with zero attached hydrogens (tertiary/aromatic N) is 2. The van der Waals surface area contributed by atoms with Crippen molar-refractivity contribution in [1.29, 1.82) is 0 Å². The highest BCUT2D eigenvalue weighted by Gasteiger charge is 2.34. The molecular weight excluding hydrogens is 262 g/mol. The van der Waals surface area contributed by atoms with E-state index in [1.54, 1.807) is 0 Å². The van der Waals surface area contributed by atoms with Gasteiger partial charge in [-0.3, -0.25) is 0 Å². The Hall–Kier alpha value is -1.68. The first-order valence-corrected chi connectivity index (χ1v) is 7.84. The molecule has 3 atom stereocenters. The maximum absolute atomic E-state index is 6.18. The molecule has 3 unspecified atom stereocenters. The van der Waals surface area contributed by atoms with Gasteiger partial charge in [-0.1, -0.05) is 55.8 Å². The van der Waals surface area contributed by atoms with Crippen LogP contribution >= 0.6 is 0 Å². The normalized spacial score (nSPS) is 19.2. The first-order valence-electron chi connectivity index (χ1n) is 7.84. The highest BCUT2D eigenvalue weighted by Crippen LogP contribution is 2.39. The Morgan fingerprint density at radius 1 is 1.29 bits per heavy atom. The molecular formula is C17H23N3O. The lowest BCUT2D eigenvalue weighted by atomic mass is 9.85. The smallest absolute Gasteiger partial charge is 0.234 e. The third kappa shape index (κ3) is 3.00. The van der Waals surface area contributed by atoms with Crippen molar-refractivity contribution in [3.63, 3.8) is 0 Å². The molecule has 1 aromatic carbocycles. The van der Waals surface area contributed by atoms with Gasteiger partial charge in [-0.25, -0.2) is 0 Å². The van der Waals surface area contributed by atoms with Gasteiger partial charge in [0.15, 0.2) is 5.82 Å². The Bertz CT molecular complexity index is 577. The van der Waals surface area contributed by atoms with Crippen molar-refractivity contribution >= 4 is 0 Å². The summed E-state index contributed by atoms with van der Waals surface area (Å²) < 4.78 is 5.56. The molecule has 0 spiro atoms. The first-order chi connectivity index (χ1) is 10.2. The molecule has 1 aliphatic rings. The molecule has 0 amide bonds. The summed E-state index contributed by atoms with van der Waals surface area (Å²) in [6.07, 6.45) is 3.42. The molecule has 1 heterocycles. The van der Waals surface area contributed by atoms with Gasteiger partial charge in [-0.15, -0.1) is 0 Å². The fourth-order valence-corrected chi connectivity index (χ4v) is 2.79. The molecule has 1 fully saturated rings. The molecule has 2 N–H and O–H groups in total. The lowest BCUT2D eigenvalue weighted by Crippen LogP contribution is -2.15. The SMILES string of the molecule is CCC(C)C(c1ccccc1)c1nc(C(N)C2CC2)no1. The van der Waals surface area contributed by atoms with Gasteiger partial charge in [0, 0.05) is 0 Å². The van der Waals surface area contributed by atoms with E-state index in [4.69, 9.17) is 10.3 Å². The standard InChI is InChI=1S/C17H23N3O/c1-3-11(2)14(12-7-5-4-6-8-12)17-19-16(20-21-17)15(18)13-9-10-13/h4-8,11,13-15H,3,9-10,18H2,1-2H3. The second-order valence-corrected chi connectivity index (χ2v) is 6.13. The number of aromatic nitrogens is 2. The van der Waals surface area contributed by atoms with E-state index >= 15 is 0 Å². The fraction of sp³-hybridized carbons (Fsp3) is 0.529. The zero-order valence-electron chi connectivity index (χ0n) is 12.7. The van der Waals surface area contributed by atoms with Gasteiger partial charge in [0.25, 0.3) is 0 Å². The molecule has 0 saturated heterocycles. The van der Waals surface area contributed by atoms with Gasteiger partial charge >= 0.3 is 0 Å². The lowest BCUT2D eigenvalue weighted by Gasteiger charge is -2.19. The molecule has 0 radical (unpaired) electrons. The van der Waals surface area contributed by atoms with E-state index in [1.807, 2.05) is 6.07 Å². The van der Waals surface area contributed by atoms with Gasteiger partial charge in [-0.2, -0.15) is 4.98 Å². The van der Waals surface area contributed by atoms with Crippen molar-refractivity contribution in [2.45, 2.75) is 45.1 Å². The highest BCUT2D eigenvalue weighted by atomic mass is 16.5. The maximum Gasteiger partial charge on any atom is 0.234 e. The van der Waals surface area contributed by atoms with Crippen LogP contribution in [0.25, 0.3) is 0 Å². The molecule has 1 saturated carbocycles. The molecule has 1 aliphatic carbocycles. The average Bonchev–Trinajstić information content (AvgIpc) is 3.26. The Balaban J connectivity index is 1.89. The van der Waals surface area contributed by atoms with E-state index in [-0.39, 0.29) is 12.0 Å². The maximum atomic E-state index is 6.18. The lowest BCUT2D eigenvalue weighted by molar-refractivity contribution is 0.326. The van der Waals surface area contributed by atoms with Crippen LogP contribution in [0.15, 0.2) is 34.9 Å². The molecule has 1 aromatic heterocycles. The van der Waals surface area contributed by atoms with Crippen molar-refractivity contribution in [2.24, 2.45) is 17.6 Å². The highest BCUT2D eigenvalue weighted by molar-refractivity contribution is 5.25. The van der Waals surface area contributed by atoms with Crippen LogP contribution in [0.1, 0.15) is 62.3 Å². The topological polar surface area (TPSA) is 64.9 Å². The molecule has 21 heavy (non-hydrogen) atoms. The number of benzene rings is 1. The predicted octanol–water partition coefficient (Wildman–Crippen LogP) is 3.66. The quantitative estimate of drug-likeness (QED) is 0.879. The van der Waals surface area contributed by atoms with Crippen LogP contribution in [0, 0.1) is 11.8 Å². The molecule has 0 bridgehead atoms. The van der Waals surface area contributed by atoms with E-state index in [0.717, 1.165) is 6.42 Å². The molecule has 112 valence electrons. The molecule has 3 rings (SSSR count). The summed E-state index contributed by atoms with van der Waals surface area (Å²) in [6.45, 7) is 4.41. The van der Waals surface area contributed by atoms with Crippen LogP contribution in [0.2, 0.25) is 0 Å². The summed E-state index contributed by atoms with van der Waals surface area (Å²) >= 11 is 0. The van der Waals surface area contributed by atoms with Gasteiger partial charge in [0.2, 0.25) is 5.89 Å². The predicted molar refractivity (Wildman–Crippen MR) is 81.7 cm³/mol. The number of hydrogen-bond donors (Lipinski definition) is 1. The summed E-state index contributed by atoms with van der Waals surface area (Å²) in [5.41, 5.74) is 7.40. The Kier molecular flexibility index (Phi) is 4.06. The number of hydrogen-bond acceptors (Lipinski definition) is 4. The van der Waals surface area contributed by atoms with E-state index in [9.17, 15) is 0 Å². The summed E-state index contributed by atoms with van der Waals surface area (Å²) in [5.74, 6) is 2.48.